The summed E-state index contributed by atoms with van der Waals surface area (Å²) in [4.78, 5) is 10.4. The van der Waals surface area contributed by atoms with Crippen LogP contribution in [0.25, 0.3) is 0 Å². The van der Waals surface area contributed by atoms with Gasteiger partial charge in [-0.2, -0.15) is 0 Å². The van der Waals surface area contributed by atoms with E-state index >= 15 is 0 Å². The summed E-state index contributed by atoms with van der Waals surface area (Å²) in [5.74, 6) is -0.435. The molecular weight excluding hydrogens is 142 g/mol. The Labute approximate surface area is 63.8 Å². The fourth-order valence-corrected chi connectivity index (χ4v) is 0.782. The Bertz CT molecular complexity index is 315. The highest BCUT2D eigenvalue weighted by Crippen LogP contribution is 1.79. The Morgan fingerprint density at radius 3 is 2.91 bits per heavy atom. The number of nitrogens with zero attached hydrogens (tertiary/aromatic N) is 1. The minimum Gasteiger partial charge on any atom is -0.368 e. The lowest BCUT2D eigenvalue weighted by molar-refractivity contribution is -0.118. The number of nitrogens with one attached hydrogen (secondary N) is 1. The number of hydrogen-bond acceptors (Lipinski definition) is 2. The van der Waals surface area contributed by atoms with Crippen LogP contribution in [0.3, 0.4) is 0 Å². The van der Waals surface area contributed by atoms with Gasteiger partial charge in [0, 0.05) is 6.20 Å². The molecule has 3 N–H and O–H groups in total. The number of aromatic nitrogens is 1. The van der Waals surface area contributed by atoms with E-state index in [0.717, 1.165) is 0 Å². The van der Waals surface area contributed by atoms with Crippen molar-refractivity contribution in [3.63, 3.8) is 0 Å². The Morgan fingerprint density at radius 1 is 1.64 bits per heavy atom. The topological polar surface area (TPSA) is 71.9 Å². The lowest BCUT2D eigenvalue weighted by Gasteiger charge is -2.00. The van der Waals surface area contributed by atoms with Crippen molar-refractivity contribution < 1.29 is 4.79 Å². The van der Waals surface area contributed by atoms with E-state index in [-0.39, 0.29) is 12.0 Å². The molecule has 0 aliphatic rings. The zero-order valence-corrected chi connectivity index (χ0v) is 5.95. The highest BCUT2D eigenvalue weighted by Gasteiger charge is 1.94. The maximum absolute atomic E-state index is 10.4. The SMILES string of the molecule is N=c1ccccn1CC(N)=O. The Balaban J connectivity index is 2.95. The second kappa shape index (κ2) is 3.01. The van der Waals surface area contributed by atoms with E-state index in [1.165, 1.54) is 4.57 Å². The first-order chi connectivity index (χ1) is 5.20. The van der Waals surface area contributed by atoms with Crippen LogP contribution in [0.2, 0.25) is 0 Å². The van der Waals surface area contributed by atoms with E-state index in [2.05, 4.69) is 0 Å². The molecule has 1 heterocycles. The van der Waals surface area contributed by atoms with Gasteiger partial charge in [-0.3, -0.25) is 10.2 Å². The highest BCUT2D eigenvalue weighted by molar-refractivity contribution is 5.73. The largest absolute Gasteiger partial charge is 0.368 e. The van der Waals surface area contributed by atoms with Crippen molar-refractivity contribution in [3.05, 3.63) is 29.9 Å². The zero-order chi connectivity index (χ0) is 8.27. The molecule has 0 radical (unpaired) electrons. The summed E-state index contributed by atoms with van der Waals surface area (Å²) in [5, 5.41) is 7.32. The molecule has 4 nitrogen and oxygen atoms in total. The third kappa shape index (κ3) is 1.93. The van der Waals surface area contributed by atoms with Gasteiger partial charge in [0.15, 0.2) is 0 Å². The molecule has 1 amide bonds. The number of pyridine rings is 1. The van der Waals surface area contributed by atoms with Gasteiger partial charge in [0.05, 0.1) is 0 Å². The molecule has 11 heavy (non-hydrogen) atoms. The van der Waals surface area contributed by atoms with Crippen molar-refractivity contribution in [2.45, 2.75) is 6.54 Å². The van der Waals surface area contributed by atoms with E-state index in [4.69, 9.17) is 11.1 Å². The van der Waals surface area contributed by atoms with Crippen molar-refractivity contribution in [1.29, 1.82) is 5.41 Å². The van der Waals surface area contributed by atoms with Gasteiger partial charge in [-0.25, -0.2) is 0 Å². The smallest absolute Gasteiger partial charge is 0.237 e. The normalized spacial score (nSPS) is 9.45. The quantitative estimate of drug-likeness (QED) is 0.585. The van der Waals surface area contributed by atoms with Crippen molar-refractivity contribution in [2.75, 3.05) is 0 Å². The van der Waals surface area contributed by atoms with Crippen LogP contribution in [0.15, 0.2) is 24.4 Å². The van der Waals surface area contributed by atoms with Crippen molar-refractivity contribution in [1.82, 2.24) is 4.57 Å². The molecule has 58 valence electrons. The first-order valence-electron chi connectivity index (χ1n) is 3.18. The standard InChI is InChI=1S/C7H9N3O/c8-6-3-1-2-4-10(6)5-7(9)11/h1-4,8H,5H2,(H2,9,11). The predicted octanol–water partition coefficient (Wildman–Crippen LogP) is -0.547. The summed E-state index contributed by atoms with van der Waals surface area (Å²) in [6.45, 7) is 0.0691. The molecule has 4 heteroatoms. The fourth-order valence-electron chi connectivity index (χ4n) is 0.782. The first-order valence-corrected chi connectivity index (χ1v) is 3.18. The van der Waals surface area contributed by atoms with Gasteiger partial charge in [-0.15, -0.1) is 0 Å². The molecule has 0 bridgehead atoms. The summed E-state index contributed by atoms with van der Waals surface area (Å²) in [6, 6.07) is 5.09. The van der Waals surface area contributed by atoms with Gasteiger partial charge >= 0.3 is 0 Å². The van der Waals surface area contributed by atoms with Crippen LogP contribution in [0, 0.1) is 5.41 Å². The molecule has 0 saturated heterocycles. The second-order valence-electron chi connectivity index (χ2n) is 2.18. The van der Waals surface area contributed by atoms with Crippen LogP contribution in [0.4, 0.5) is 0 Å². The van der Waals surface area contributed by atoms with Gasteiger partial charge in [0.2, 0.25) is 5.91 Å². The van der Waals surface area contributed by atoms with E-state index in [1.54, 1.807) is 24.4 Å². The monoisotopic (exact) mass is 151 g/mol. The van der Waals surface area contributed by atoms with Crippen LogP contribution in [-0.2, 0) is 11.3 Å². The van der Waals surface area contributed by atoms with E-state index in [9.17, 15) is 4.79 Å². The molecule has 0 aromatic carbocycles. The molecule has 0 atom stereocenters. The molecule has 0 aliphatic heterocycles. The molecule has 0 unspecified atom stereocenters. The van der Waals surface area contributed by atoms with E-state index in [1.807, 2.05) is 0 Å². The number of amides is 1. The van der Waals surface area contributed by atoms with Crippen LogP contribution < -0.4 is 11.2 Å². The molecule has 0 saturated carbocycles. The average Bonchev–Trinajstić information content (AvgIpc) is 1.93. The minimum atomic E-state index is -0.435. The summed E-state index contributed by atoms with van der Waals surface area (Å²) in [7, 11) is 0. The zero-order valence-electron chi connectivity index (χ0n) is 5.95. The second-order valence-corrected chi connectivity index (χ2v) is 2.18. The van der Waals surface area contributed by atoms with Gasteiger partial charge < -0.3 is 10.3 Å². The summed E-state index contributed by atoms with van der Waals surface area (Å²) < 4.78 is 1.47. The molecular formula is C7H9N3O. The fraction of sp³-hybridized carbons (Fsp3) is 0.143. The van der Waals surface area contributed by atoms with Crippen molar-refractivity contribution in [2.24, 2.45) is 5.73 Å². The van der Waals surface area contributed by atoms with Crippen LogP contribution in [-0.4, -0.2) is 10.5 Å². The summed E-state index contributed by atoms with van der Waals surface area (Å²) in [6.07, 6.45) is 1.65. The van der Waals surface area contributed by atoms with Crippen LogP contribution in [0.5, 0.6) is 0 Å². The summed E-state index contributed by atoms with van der Waals surface area (Å²) >= 11 is 0. The Hall–Kier alpha value is -1.58. The van der Waals surface area contributed by atoms with Gasteiger partial charge in [-0.05, 0) is 12.1 Å². The molecule has 1 aromatic heterocycles. The Kier molecular flexibility index (Phi) is 2.06. The molecule has 0 aliphatic carbocycles. The molecule has 0 spiro atoms. The number of nitrogens with two attached hydrogens (primary N) is 1. The number of carbonyl (C=O) groups excluding carboxylic acids is 1. The summed E-state index contributed by atoms with van der Waals surface area (Å²) in [5.41, 5.74) is 5.23. The molecule has 1 rings (SSSR count). The minimum absolute atomic E-state index is 0.0691. The van der Waals surface area contributed by atoms with Gasteiger partial charge in [0.1, 0.15) is 12.0 Å². The van der Waals surface area contributed by atoms with Crippen molar-refractivity contribution >= 4 is 5.91 Å². The average molecular weight is 151 g/mol. The number of carbonyl (C=O) groups is 1. The number of hydrogen-bond donors (Lipinski definition) is 2. The third-order valence-electron chi connectivity index (χ3n) is 1.27. The molecule has 1 aromatic rings. The first kappa shape index (κ1) is 7.53. The lowest BCUT2D eigenvalue weighted by Crippen LogP contribution is -2.26. The Morgan fingerprint density at radius 2 is 2.36 bits per heavy atom. The van der Waals surface area contributed by atoms with E-state index < -0.39 is 5.91 Å². The number of primary amides is 1. The maximum Gasteiger partial charge on any atom is 0.237 e. The lowest BCUT2D eigenvalue weighted by atomic mass is 10.4. The highest BCUT2D eigenvalue weighted by atomic mass is 16.1. The van der Waals surface area contributed by atoms with Crippen LogP contribution >= 0.6 is 0 Å². The third-order valence-corrected chi connectivity index (χ3v) is 1.27. The van der Waals surface area contributed by atoms with Crippen LogP contribution in [0.1, 0.15) is 0 Å². The van der Waals surface area contributed by atoms with E-state index in [0.29, 0.717) is 0 Å². The number of rotatable bonds is 2. The van der Waals surface area contributed by atoms with Crippen molar-refractivity contribution in [3.8, 4) is 0 Å². The van der Waals surface area contributed by atoms with Gasteiger partial charge in [-0.1, -0.05) is 6.07 Å². The maximum atomic E-state index is 10.4. The predicted molar refractivity (Wildman–Crippen MR) is 39.5 cm³/mol. The molecule has 0 fully saturated rings. The van der Waals surface area contributed by atoms with Gasteiger partial charge in [0.25, 0.3) is 0 Å².